The Morgan fingerprint density at radius 1 is 1.26 bits per heavy atom. The number of fused-ring (bicyclic) bond motifs is 2. The van der Waals surface area contributed by atoms with E-state index in [9.17, 15) is 4.79 Å². The van der Waals surface area contributed by atoms with Crippen LogP contribution >= 0.6 is 11.6 Å². The highest BCUT2D eigenvalue weighted by Gasteiger charge is 2.54. The Labute approximate surface area is 167 Å². The number of nitrogens with zero attached hydrogens (tertiary/aromatic N) is 3. The number of hydrogen-bond acceptors (Lipinski definition) is 4. The predicted octanol–water partition coefficient (Wildman–Crippen LogP) is 2.60. The molecule has 1 aromatic rings. The second-order valence-corrected chi connectivity index (χ2v) is 9.17. The van der Waals surface area contributed by atoms with Crippen LogP contribution in [-0.2, 0) is 4.74 Å². The van der Waals surface area contributed by atoms with Crippen molar-refractivity contribution in [1.29, 1.82) is 0 Å². The molecule has 4 rings (SSSR count). The summed E-state index contributed by atoms with van der Waals surface area (Å²) in [5.74, 6) is 0.837. The first kappa shape index (κ1) is 19.2. The molecular weight excluding hydrogens is 362 g/mol. The number of benzene rings is 1. The van der Waals surface area contributed by atoms with Gasteiger partial charge in [0.2, 0.25) is 0 Å². The van der Waals surface area contributed by atoms with Gasteiger partial charge in [-0.25, -0.2) is 0 Å². The standard InChI is InChI=1S/C21H30ClN3O2/c1-16(2)7-8-23-13-21(14-23)15-24(11-19-12-27-10-9-25(19)21)20(26)17-3-5-18(22)6-4-17/h3-6,16,19H,7-15H2,1-2H3. The minimum Gasteiger partial charge on any atom is -0.378 e. The number of carbonyl (C=O) groups is 1. The highest BCUT2D eigenvalue weighted by molar-refractivity contribution is 6.30. The van der Waals surface area contributed by atoms with Crippen LogP contribution in [0.2, 0.25) is 5.02 Å². The van der Waals surface area contributed by atoms with Crippen molar-refractivity contribution >= 4 is 17.5 Å². The van der Waals surface area contributed by atoms with Crippen LogP contribution in [0.15, 0.2) is 24.3 Å². The Balaban J connectivity index is 1.49. The van der Waals surface area contributed by atoms with E-state index in [4.69, 9.17) is 16.3 Å². The van der Waals surface area contributed by atoms with Crippen LogP contribution in [0.4, 0.5) is 0 Å². The Hall–Kier alpha value is -1.14. The summed E-state index contributed by atoms with van der Waals surface area (Å²) < 4.78 is 5.75. The predicted molar refractivity (Wildman–Crippen MR) is 107 cm³/mol. The van der Waals surface area contributed by atoms with Crippen LogP contribution in [-0.4, -0.2) is 84.7 Å². The summed E-state index contributed by atoms with van der Waals surface area (Å²) in [6, 6.07) is 7.55. The number of likely N-dealkylation sites (tertiary alicyclic amines) is 1. The third-order valence-corrected chi connectivity index (χ3v) is 6.44. The molecule has 1 amide bonds. The molecule has 0 saturated carbocycles. The van der Waals surface area contributed by atoms with E-state index in [1.165, 1.54) is 6.42 Å². The van der Waals surface area contributed by atoms with Crippen LogP contribution in [0, 0.1) is 5.92 Å². The van der Waals surface area contributed by atoms with Gasteiger partial charge in [-0.05, 0) is 43.1 Å². The maximum Gasteiger partial charge on any atom is 0.253 e. The number of piperazine rings is 1. The van der Waals surface area contributed by atoms with Crippen LogP contribution in [0.3, 0.4) is 0 Å². The maximum absolute atomic E-state index is 13.1. The lowest BCUT2D eigenvalue weighted by molar-refractivity contribution is -0.158. The van der Waals surface area contributed by atoms with Crippen LogP contribution in [0.1, 0.15) is 30.6 Å². The summed E-state index contributed by atoms with van der Waals surface area (Å²) in [4.78, 5) is 20.3. The van der Waals surface area contributed by atoms with Crippen molar-refractivity contribution in [3.05, 3.63) is 34.9 Å². The number of amides is 1. The van der Waals surface area contributed by atoms with Crippen molar-refractivity contribution in [2.45, 2.75) is 31.8 Å². The number of morpholine rings is 1. The van der Waals surface area contributed by atoms with Gasteiger partial charge in [0, 0.05) is 43.3 Å². The molecular formula is C21H30ClN3O2. The Morgan fingerprint density at radius 2 is 2.00 bits per heavy atom. The number of ether oxygens (including phenoxy) is 1. The van der Waals surface area contributed by atoms with Gasteiger partial charge in [0.15, 0.2) is 0 Å². The number of hydrogen-bond donors (Lipinski definition) is 0. The monoisotopic (exact) mass is 391 g/mol. The summed E-state index contributed by atoms with van der Waals surface area (Å²) in [6.45, 7) is 11.9. The summed E-state index contributed by atoms with van der Waals surface area (Å²) in [5.41, 5.74) is 0.807. The van der Waals surface area contributed by atoms with E-state index in [0.717, 1.165) is 64.0 Å². The third-order valence-electron chi connectivity index (χ3n) is 6.19. The van der Waals surface area contributed by atoms with Gasteiger partial charge in [-0.1, -0.05) is 25.4 Å². The molecule has 6 heteroatoms. The van der Waals surface area contributed by atoms with Crippen LogP contribution in [0.5, 0.6) is 0 Å². The van der Waals surface area contributed by atoms with Gasteiger partial charge in [0.1, 0.15) is 0 Å². The molecule has 3 heterocycles. The zero-order valence-electron chi connectivity index (χ0n) is 16.4. The fraction of sp³-hybridized carbons (Fsp3) is 0.667. The highest BCUT2D eigenvalue weighted by Crippen LogP contribution is 2.36. The molecule has 0 aliphatic carbocycles. The van der Waals surface area contributed by atoms with Crippen molar-refractivity contribution in [3.8, 4) is 0 Å². The number of halogens is 1. The van der Waals surface area contributed by atoms with E-state index in [-0.39, 0.29) is 11.4 Å². The molecule has 0 aromatic heterocycles. The highest BCUT2D eigenvalue weighted by atomic mass is 35.5. The van der Waals surface area contributed by atoms with Gasteiger partial charge >= 0.3 is 0 Å². The van der Waals surface area contributed by atoms with Gasteiger partial charge in [-0.3, -0.25) is 14.6 Å². The molecule has 0 bridgehead atoms. The lowest BCUT2D eigenvalue weighted by Gasteiger charge is -2.63. The zero-order chi connectivity index (χ0) is 19.0. The van der Waals surface area contributed by atoms with E-state index in [0.29, 0.717) is 11.1 Å². The molecule has 3 fully saturated rings. The van der Waals surface area contributed by atoms with E-state index in [2.05, 4.69) is 23.6 Å². The Kier molecular flexibility index (Phi) is 5.48. The third kappa shape index (κ3) is 3.88. The van der Waals surface area contributed by atoms with Gasteiger partial charge in [0.25, 0.3) is 5.91 Å². The smallest absolute Gasteiger partial charge is 0.253 e. The Bertz CT molecular complexity index is 673. The molecule has 3 aliphatic rings. The molecule has 1 atom stereocenters. The molecule has 0 N–H and O–H groups in total. The summed E-state index contributed by atoms with van der Waals surface area (Å²) in [6.07, 6.45) is 1.23. The van der Waals surface area contributed by atoms with E-state index in [1.54, 1.807) is 12.1 Å². The minimum atomic E-state index is 0.0890. The minimum absolute atomic E-state index is 0.0890. The second-order valence-electron chi connectivity index (χ2n) is 8.73. The van der Waals surface area contributed by atoms with Gasteiger partial charge < -0.3 is 9.64 Å². The molecule has 0 radical (unpaired) electrons. The lowest BCUT2D eigenvalue weighted by Crippen LogP contribution is -2.80. The first-order chi connectivity index (χ1) is 13.0. The van der Waals surface area contributed by atoms with Crippen molar-refractivity contribution in [3.63, 3.8) is 0 Å². The largest absolute Gasteiger partial charge is 0.378 e. The number of rotatable bonds is 4. The first-order valence-corrected chi connectivity index (χ1v) is 10.5. The van der Waals surface area contributed by atoms with E-state index < -0.39 is 0 Å². The van der Waals surface area contributed by atoms with Crippen LogP contribution in [0.25, 0.3) is 0 Å². The summed E-state index contributed by atoms with van der Waals surface area (Å²) in [7, 11) is 0. The van der Waals surface area contributed by atoms with E-state index >= 15 is 0 Å². The van der Waals surface area contributed by atoms with Crippen molar-refractivity contribution in [1.82, 2.24) is 14.7 Å². The molecule has 5 nitrogen and oxygen atoms in total. The topological polar surface area (TPSA) is 36.0 Å². The normalized spacial score (nSPS) is 25.5. The molecule has 1 unspecified atom stereocenters. The summed E-state index contributed by atoms with van der Waals surface area (Å²) >= 11 is 5.98. The zero-order valence-corrected chi connectivity index (χ0v) is 17.1. The first-order valence-electron chi connectivity index (χ1n) is 10.1. The average Bonchev–Trinajstić information content (AvgIpc) is 2.64. The van der Waals surface area contributed by atoms with Gasteiger partial charge in [-0.15, -0.1) is 0 Å². The van der Waals surface area contributed by atoms with E-state index in [1.807, 2.05) is 17.0 Å². The SMILES string of the molecule is CC(C)CCN1CC2(C1)CN(C(=O)c1ccc(Cl)cc1)CC1COCCN12. The maximum atomic E-state index is 13.1. The van der Waals surface area contributed by atoms with Crippen molar-refractivity contribution in [2.24, 2.45) is 5.92 Å². The molecule has 1 aromatic carbocycles. The van der Waals surface area contributed by atoms with Crippen molar-refractivity contribution in [2.75, 3.05) is 52.5 Å². The van der Waals surface area contributed by atoms with Crippen LogP contribution < -0.4 is 0 Å². The molecule has 3 aliphatic heterocycles. The lowest BCUT2D eigenvalue weighted by atomic mass is 9.82. The second kappa shape index (κ2) is 7.70. The number of carbonyl (C=O) groups excluding carboxylic acids is 1. The fourth-order valence-electron chi connectivity index (χ4n) is 4.79. The van der Waals surface area contributed by atoms with Crippen molar-refractivity contribution < 1.29 is 9.53 Å². The molecule has 3 saturated heterocycles. The fourth-order valence-corrected chi connectivity index (χ4v) is 4.92. The summed E-state index contributed by atoms with van der Waals surface area (Å²) in [5, 5.41) is 0.660. The molecule has 148 valence electrons. The molecule has 1 spiro atoms. The van der Waals surface area contributed by atoms with Gasteiger partial charge in [0.05, 0.1) is 24.8 Å². The average molecular weight is 392 g/mol. The Morgan fingerprint density at radius 3 is 2.70 bits per heavy atom. The quantitative estimate of drug-likeness (QED) is 0.790. The van der Waals surface area contributed by atoms with Gasteiger partial charge in [-0.2, -0.15) is 0 Å². The molecule has 27 heavy (non-hydrogen) atoms.